The molecule has 0 saturated carbocycles. The third-order valence-electron chi connectivity index (χ3n) is 2.42. The van der Waals surface area contributed by atoms with E-state index in [0.29, 0.717) is 0 Å². The van der Waals surface area contributed by atoms with Gasteiger partial charge in [0.15, 0.2) is 0 Å². The van der Waals surface area contributed by atoms with Crippen LogP contribution in [0.2, 0.25) is 0 Å². The number of hydrogen-bond acceptors (Lipinski definition) is 2. The van der Waals surface area contributed by atoms with Crippen LogP contribution in [-0.4, -0.2) is 10.2 Å². The van der Waals surface area contributed by atoms with E-state index in [1.165, 1.54) is 0 Å². The quantitative estimate of drug-likeness (QED) is 0.754. The fourth-order valence-electron chi connectivity index (χ4n) is 1.77. The van der Waals surface area contributed by atoms with Gasteiger partial charge in [0.2, 0.25) is 0 Å². The van der Waals surface area contributed by atoms with Crippen molar-refractivity contribution in [3.8, 4) is 0 Å². The Morgan fingerprint density at radius 2 is 1.29 bits per heavy atom. The number of aliphatic hydroxyl groups is 2. The van der Waals surface area contributed by atoms with Gasteiger partial charge in [0.1, 0.15) is 0 Å². The first kappa shape index (κ1) is 9.19. The van der Waals surface area contributed by atoms with Gasteiger partial charge in [-0.2, -0.15) is 0 Å². The van der Waals surface area contributed by atoms with Gasteiger partial charge in [-0.1, -0.05) is 36.4 Å². The van der Waals surface area contributed by atoms with Crippen molar-refractivity contribution in [2.75, 3.05) is 0 Å². The molecule has 0 radical (unpaired) electrons. The van der Waals surface area contributed by atoms with Gasteiger partial charge in [0.25, 0.3) is 0 Å². The highest BCUT2D eigenvalue weighted by molar-refractivity contribution is 5.88. The Morgan fingerprint density at radius 1 is 0.786 bits per heavy atom. The lowest BCUT2D eigenvalue weighted by molar-refractivity contribution is 0.279. The summed E-state index contributed by atoms with van der Waals surface area (Å²) in [7, 11) is 0. The van der Waals surface area contributed by atoms with Crippen LogP contribution in [0.3, 0.4) is 0 Å². The van der Waals surface area contributed by atoms with Crippen molar-refractivity contribution in [2.24, 2.45) is 0 Å². The summed E-state index contributed by atoms with van der Waals surface area (Å²) in [6.07, 6.45) is 0. The van der Waals surface area contributed by atoms with Gasteiger partial charge in [-0.25, -0.2) is 0 Å². The fourth-order valence-corrected chi connectivity index (χ4v) is 1.77. The molecule has 0 aliphatic carbocycles. The van der Waals surface area contributed by atoms with Crippen LogP contribution in [0.1, 0.15) is 11.1 Å². The second kappa shape index (κ2) is 3.78. The van der Waals surface area contributed by atoms with Crippen LogP contribution in [0.5, 0.6) is 0 Å². The van der Waals surface area contributed by atoms with E-state index in [0.717, 1.165) is 21.9 Å². The van der Waals surface area contributed by atoms with Crippen molar-refractivity contribution >= 4 is 10.8 Å². The summed E-state index contributed by atoms with van der Waals surface area (Å²) in [5, 5.41) is 20.4. The molecule has 72 valence electrons. The maximum atomic E-state index is 9.17. The van der Waals surface area contributed by atoms with E-state index in [9.17, 15) is 10.2 Å². The highest BCUT2D eigenvalue weighted by atomic mass is 16.3. The first-order valence-corrected chi connectivity index (χ1v) is 4.58. The summed E-state index contributed by atoms with van der Waals surface area (Å²) in [5.41, 5.74) is 1.74. The molecule has 2 nitrogen and oxygen atoms in total. The first-order valence-electron chi connectivity index (χ1n) is 4.58. The molecule has 0 aromatic heterocycles. The Balaban J connectivity index is 2.81. The molecule has 2 N–H and O–H groups in total. The molecular weight excluding hydrogens is 176 g/mol. The Labute approximate surface area is 82.4 Å². The van der Waals surface area contributed by atoms with Crippen LogP contribution in [-0.2, 0) is 13.2 Å². The molecule has 0 aliphatic rings. The van der Waals surface area contributed by atoms with Gasteiger partial charge in [-0.3, -0.25) is 0 Å². The fraction of sp³-hybridized carbons (Fsp3) is 0.167. The van der Waals surface area contributed by atoms with Crippen LogP contribution < -0.4 is 0 Å². The van der Waals surface area contributed by atoms with Crippen LogP contribution in [0.25, 0.3) is 10.8 Å². The van der Waals surface area contributed by atoms with Crippen molar-refractivity contribution in [2.45, 2.75) is 13.2 Å². The predicted molar refractivity (Wildman–Crippen MR) is 55.8 cm³/mol. The molecule has 2 rings (SSSR count). The highest BCUT2D eigenvalue weighted by Gasteiger charge is 2.03. The van der Waals surface area contributed by atoms with Crippen LogP contribution in [0.15, 0.2) is 36.4 Å². The van der Waals surface area contributed by atoms with Crippen molar-refractivity contribution in [3.05, 3.63) is 47.5 Å². The maximum absolute atomic E-state index is 9.17. The molecule has 0 atom stereocenters. The highest BCUT2D eigenvalue weighted by Crippen LogP contribution is 2.23. The van der Waals surface area contributed by atoms with Gasteiger partial charge < -0.3 is 10.2 Å². The Hall–Kier alpha value is -1.38. The third kappa shape index (κ3) is 1.39. The van der Waals surface area contributed by atoms with E-state index in [1.54, 1.807) is 0 Å². The average Bonchev–Trinajstić information content (AvgIpc) is 2.27. The zero-order chi connectivity index (χ0) is 9.97. The largest absolute Gasteiger partial charge is 0.392 e. The molecule has 0 amide bonds. The van der Waals surface area contributed by atoms with Crippen molar-refractivity contribution in [1.82, 2.24) is 0 Å². The van der Waals surface area contributed by atoms with Crippen molar-refractivity contribution < 1.29 is 10.2 Å². The molecule has 2 aromatic rings. The second-order valence-electron chi connectivity index (χ2n) is 3.25. The SMILES string of the molecule is OCc1cccc2cccc(CO)c12. The number of rotatable bonds is 2. The Morgan fingerprint density at radius 3 is 1.71 bits per heavy atom. The summed E-state index contributed by atoms with van der Waals surface area (Å²) >= 11 is 0. The summed E-state index contributed by atoms with van der Waals surface area (Å²) in [5.74, 6) is 0. The minimum Gasteiger partial charge on any atom is -0.392 e. The number of fused-ring (bicyclic) bond motifs is 1. The molecule has 0 bridgehead atoms. The zero-order valence-electron chi connectivity index (χ0n) is 7.77. The van der Waals surface area contributed by atoms with Crippen LogP contribution in [0.4, 0.5) is 0 Å². The first-order chi connectivity index (χ1) is 6.86. The standard InChI is InChI=1S/C12H12O2/c13-7-10-5-1-3-9-4-2-6-11(8-14)12(9)10/h1-6,13-14H,7-8H2. The van der Waals surface area contributed by atoms with Gasteiger partial charge in [-0.15, -0.1) is 0 Å². The average molecular weight is 188 g/mol. The Bertz CT molecular complexity index is 410. The molecule has 0 aliphatic heterocycles. The molecular formula is C12H12O2. The number of hydrogen-bond donors (Lipinski definition) is 2. The topological polar surface area (TPSA) is 40.5 Å². The molecule has 0 heterocycles. The van der Waals surface area contributed by atoms with Crippen LogP contribution >= 0.6 is 0 Å². The van der Waals surface area contributed by atoms with Gasteiger partial charge >= 0.3 is 0 Å². The smallest absolute Gasteiger partial charge is 0.0687 e. The van der Waals surface area contributed by atoms with E-state index in [1.807, 2.05) is 36.4 Å². The molecule has 2 heteroatoms. The lowest BCUT2D eigenvalue weighted by atomic mass is 10.00. The van der Waals surface area contributed by atoms with Crippen molar-refractivity contribution in [1.29, 1.82) is 0 Å². The van der Waals surface area contributed by atoms with Gasteiger partial charge in [0, 0.05) is 0 Å². The summed E-state index contributed by atoms with van der Waals surface area (Å²) in [6.45, 7) is 0.0166. The van der Waals surface area contributed by atoms with E-state index >= 15 is 0 Å². The number of benzene rings is 2. The van der Waals surface area contributed by atoms with E-state index in [-0.39, 0.29) is 13.2 Å². The van der Waals surface area contributed by atoms with E-state index in [4.69, 9.17) is 0 Å². The van der Waals surface area contributed by atoms with Crippen molar-refractivity contribution in [3.63, 3.8) is 0 Å². The second-order valence-corrected chi connectivity index (χ2v) is 3.25. The Kier molecular flexibility index (Phi) is 2.48. The monoisotopic (exact) mass is 188 g/mol. The summed E-state index contributed by atoms with van der Waals surface area (Å²) < 4.78 is 0. The number of aliphatic hydroxyl groups excluding tert-OH is 2. The molecule has 0 spiro atoms. The van der Waals surface area contributed by atoms with E-state index < -0.39 is 0 Å². The zero-order valence-corrected chi connectivity index (χ0v) is 7.77. The van der Waals surface area contributed by atoms with E-state index in [2.05, 4.69) is 0 Å². The van der Waals surface area contributed by atoms with Gasteiger partial charge in [-0.05, 0) is 21.9 Å². The summed E-state index contributed by atoms with van der Waals surface area (Å²) in [4.78, 5) is 0. The molecule has 14 heavy (non-hydrogen) atoms. The third-order valence-corrected chi connectivity index (χ3v) is 2.42. The molecule has 0 fully saturated rings. The minimum absolute atomic E-state index is 0.00829. The molecule has 0 unspecified atom stereocenters. The minimum atomic E-state index is 0.00829. The van der Waals surface area contributed by atoms with Crippen LogP contribution in [0, 0.1) is 0 Å². The predicted octanol–water partition coefficient (Wildman–Crippen LogP) is 1.82. The molecule has 2 aromatic carbocycles. The maximum Gasteiger partial charge on any atom is 0.0687 e. The van der Waals surface area contributed by atoms with Gasteiger partial charge in [0.05, 0.1) is 13.2 Å². The molecule has 0 saturated heterocycles. The normalized spacial score (nSPS) is 10.7. The lowest BCUT2D eigenvalue weighted by Gasteiger charge is -2.07. The lowest BCUT2D eigenvalue weighted by Crippen LogP contribution is -1.91. The summed E-state index contributed by atoms with van der Waals surface area (Å²) in [6, 6.07) is 11.5.